The minimum absolute atomic E-state index is 0.0703. The number of carbonyl (C=O) groups is 1. The first-order chi connectivity index (χ1) is 14.0. The maximum absolute atomic E-state index is 13.5. The lowest BCUT2D eigenvalue weighted by molar-refractivity contribution is 0.0971. The van der Waals surface area contributed by atoms with Crippen LogP contribution in [0.2, 0.25) is 5.02 Å². The van der Waals surface area contributed by atoms with E-state index in [1.807, 2.05) is 38.1 Å². The number of halogens is 1. The van der Waals surface area contributed by atoms with E-state index in [9.17, 15) is 9.59 Å². The molecule has 2 aromatic heterocycles. The van der Waals surface area contributed by atoms with E-state index in [0.717, 1.165) is 16.7 Å². The largest absolute Gasteiger partial charge is 0.450 e. The molecule has 1 aliphatic rings. The SMILES string of the molecule is Cc1cc2oc3c(c(=O)c2cc1C)[C@@H](c1ccc(Cl)cc1)N(c1nccs1)C3=O. The van der Waals surface area contributed by atoms with E-state index in [1.54, 1.807) is 23.7 Å². The summed E-state index contributed by atoms with van der Waals surface area (Å²) in [6.45, 7) is 3.90. The number of benzene rings is 2. The molecule has 1 amide bonds. The van der Waals surface area contributed by atoms with Gasteiger partial charge in [0.2, 0.25) is 5.76 Å². The van der Waals surface area contributed by atoms with Crippen molar-refractivity contribution in [3.05, 3.63) is 91.2 Å². The summed E-state index contributed by atoms with van der Waals surface area (Å²) in [5.74, 6) is -0.298. The summed E-state index contributed by atoms with van der Waals surface area (Å²) < 4.78 is 6.00. The van der Waals surface area contributed by atoms with E-state index in [4.69, 9.17) is 16.0 Å². The van der Waals surface area contributed by atoms with Crippen LogP contribution in [0.15, 0.2) is 57.2 Å². The molecule has 7 heteroatoms. The van der Waals surface area contributed by atoms with Gasteiger partial charge in [-0.2, -0.15) is 0 Å². The average Bonchev–Trinajstić information content (AvgIpc) is 3.31. The summed E-state index contributed by atoms with van der Waals surface area (Å²) in [5, 5.41) is 3.36. The average molecular weight is 423 g/mol. The Bertz CT molecular complexity index is 1330. The molecule has 4 aromatic rings. The minimum atomic E-state index is -0.622. The molecule has 5 rings (SSSR count). The molecule has 1 aliphatic heterocycles. The summed E-state index contributed by atoms with van der Waals surface area (Å²) in [4.78, 5) is 32.7. The van der Waals surface area contributed by atoms with Gasteiger partial charge in [-0.3, -0.25) is 14.5 Å². The monoisotopic (exact) mass is 422 g/mol. The second kappa shape index (κ2) is 6.54. The third-order valence-electron chi connectivity index (χ3n) is 5.30. The zero-order chi connectivity index (χ0) is 20.3. The maximum atomic E-state index is 13.5. The molecule has 144 valence electrons. The number of rotatable bonds is 2. The summed E-state index contributed by atoms with van der Waals surface area (Å²) in [7, 11) is 0. The molecule has 0 saturated heterocycles. The highest BCUT2D eigenvalue weighted by Gasteiger charge is 2.44. The Balaban J connectivity index is 1.84. The van der Waals surface area contributed by atoms with Crippen molar-refractivity contribution in [2.45, 2.75) is 19.9 Å². The van der Waals surface area contributed by atoms with Gasteiger partial charge >= 0.3 is 0 Å². The fourth-order valence-corrected chi connectivity index (χ4v) is 4.51. The standard InChI is InChI=1S/C22H15ClN2O3S/c1-11-9-15-16(10-12(11)2)28-20-17(19(15)26)18(13-3-5-14(23)6-4-13)25(21(20)27)22-24-7-8-29-22/h3-10,18H,1-2H3/t18-/m1/s1. The first kappa shape index (κ1) is 18.1. The molecule has 5 nitrogen and oxygen atoms in total. The van der Waals surface area contributed by atoms with Crippen molar-refractivity contribution in [1.29, 1.82) is 0 Å². The smallest absolute Gasteiger partial charge is 0.297 e. The van der Waals surface area contributed by atoms with Gasteiger partial charge in [-0.25, -0.2) is 4.98 Å². The van der Waals surface area contributed by atoms with E-state index in [-0.39, 0.29) is 17.1 Å². The molecular weight excluding hydrogens is 408 g/mol. The number of anilines is 1. The normalized spacial score (nSPS) is 15.9. The first-order valence-electron chi connectivity index (χ1n) is 9.02. The highest BCUT2D eigenvalue weighted by molar-refractivity contribution is 7.13. The van der Waals surface area contributed by atoms with Crippen LogP contribution in [-0.4, -0.2) is 10.9 Å². The number of aromatic nitrogens is 1. The molecule has 3 heterocycles. The fraction of sp³-hybridized carbons (Fsp3) is 0.136. The summed E-state index contributed by atoms with van der Waals surface area (Å²) in [5.41, 5.74) is 3.32. The van der Waals surface area contributed by atoms with Gasteiger partial charge in [-0.05, 0) is 54.8 Å². The second-order valence-electron chi connectivity index (χ2n) is 7.05. The lowest BCUT2D eigenvalue weighted by Crippen LogP contribution is -2.29. The number of thiazole rings is 1. The van der Waals surface area contributed by atoms with Crippen LogP contribution in [0.25, 0.3) is 11.0 Å². The van der Waals surface area contributed by atoms with Crippen LogP contribution in [0, 0.1) is 13.8 Å². The Morgan fingerprint density at radius 2 is 1.83 bits per heavy atom. The topological polar surface area (TPSA) is 63.4 Å². The Hall–Kier alpha value is -2.96. The van der Waals surface area contributed by atoms with Crippen molar-refractivity contribution in [3.63, 3.8) is 0 Å². The van der Waals surface area contributed by atoms with Gasteiger partial charge in [0, 0.05) is 16.6 Å². The number of amides is 1. The van der Waals surface area contributed by atoms with Gasteiger partial charge in [0.05, 0.1) is 17.0 Å². The molecule has 1 atom stereocenters. The van der Waals surface area contributed by atoms with Gasteiger partial charge in [0.25, 0.3) is 5.91 Å². The van der Waals surface area contributed by atoms with Crippen molar-refractivity contribution in [3.8, 4) is 0 Å². The third-order valence-corrected chi connectivity index (χ3v) is 6.32. The molecule has 0 saturated carbocycles. The Morgan fingerprint density at radius 3 is 2.52 bits per heavy atom. The minimum Gasteiger partial charge on any atom is -0.450 e. The molecule has 0 fully saturated rings. The van der Waals surface area contributed by atoms with Crippen LogP contribution in [-0.2, 0) is 0 Å². The van der Waals surface area contributed by atoms with Crippen LogP contribution in [0.4, 0.5) is 5.13 Å². The molecule has 29 heavy (non-hydrogen) atoms. The summed E-state index contributed by atoms with van der Waals surface area (Å²) in [6.07, 6.45) is 1.63. The highest BCUT2D eigenvalue weighted by Crippen LogP contribution is 2.42. The van der Waals surface area contributed by atoms with Crippen LogP contribution < -0.4 is 10.3 Å². The number of carbonyl (C=O) groups excluding carboxylic acids is 1. The van der Waals surface area contributed by atoms with Crippen molar-refractivity contribution < 1.29 is 9.21 Å². The molecule has 2 aromatic carbocycles. The van der Waals surface area contributed by atoms with Crippen LogP contribution in [0.3, 0.4) is 0 Å². The van der Waals surface area contributed by atoms with Gasteiger partial charge in [0.15, 0.2) is 10.6 Å². The summed E-state index contributed by atoms with van der Waals surface area (Å²) >= 11 is 7.39. The zero-order valence-corrected chi connectivity index (χ0v) is 17.2. The van der Waals surface area contributed by atoms with E-state index >= 15 is 0 Å². The highest BCUT2D eigenvalue weighted by atomic mass is 35.5. The lowest BCUT2D eigenvalue weighted by atomic mass is 9.97. The van der Waals surface area contributed by atoms with Gasteiger partial charge in [0.1, 0.15) is 5.58 Å². The van der Waals surface area contributed by atoms with E-state index in [2.05, 4.69) is 4.98 Å². The lowest BCUT2D eigenvalue weighted by Gasteiger charge is -2.22. The van der Waals surface area contributed by atoms with E-state index < -0.39 is 6.04 Å². The molecule has 0 aliphatic carbocycles. The summed E-state index contributed by atoms with van der Waals surface area (Å²) in [6, 6.07) is 10.1. The van der Waals surface area contributed by atoms with E-state index in [1.165, 1.54) is 16.2 Å². The number of aryl methyl sites for hydroxylation is 2. The number of nitrogens with zero attached hydrogens (tertiary/aromatic N) is 2. The quantitative estimate of drug-likeness (QED) is 0.441. The maximum Gasteiger partial charge on any atom is 0.297 e. The Morgan fingerprint density at radius 1 is 1.10 bits per heavy atom. The Kier molecular flexibility index (Phi) is 4.08. The van der Waals surface area contributed by atoms with Crippen LogP contribution >= 0.6 is 22.9 Å². The molecular formula is C22H15ClN2O3S. The number of hydrogen-bond acceptors (Lipinski definition) is 5. The molecule has 0 bridgehead atoms. The predicted molar refractivity (Wildman–Crippen MR) is 114 cm³/mol. The predicted octanol–water partition coefficient (Wildman–Crippen LogP) is 5.27. The first-order valence-corrected chi connectivity index (χ1v) is 10.3. The second-order valence-corrected chi connectivity index (χ2v) is 8.36. The van der Waals surface area contributed by atoms with Gasteiger partial charge < -0.3 is 4.42 Å². The van der Waals surface area contributed by atoms with Crippen LogP contribution in [0.5, 0.6) is 0 Å². The third kappa shape index (κ3) is 2.71. The van der Waals surface area contributed by atoms with Crippen LogP contribution in [0.1, 0.15) is 38.9 Å². The Labute approximate surface area is 175 Å². The van der Waals surface area contributed by atoms with Gasteiger partial charge in [-0.15, -0.1) is 11.3 Å². The molecule has 0 spiro atoms. The number of hydrogen-bond donors (Lipinski definition) is 0. The fourth-order valence-electron chi connectivity index (χ4n) is 3.72. The molecule has 0 N–H and O–H groups in total. The van der Waals surface area contributed by atoms with Crippen molar-refractivity contribution in [2.75, 3.05) is 4.90 Å². The molecule has 0 radical (unpaired) electrons. The van der Waals surface area contributed by atoms with Gasteiger partial charge in [-0.1, -0.05) is 23.7 Å². The zero-order valence-electron chi connectivity index (χ0n) is 15.6. The number of fused-ring (bicyclic) bond motifs is 2. The van der Waals surface area contributed by atoms with Crippen molar-refractivity contribution in [2.24, 2.45) is 0 Å². The molecule has 0 unspecified atom stereocenters. The van der Waals surface area contributed by atoms with Crippen molar-refractivity contribution >= 4 is 44.9 Å². The van der Waals surface area contributed by atoms with Crippen molar-refractivity contribution in [1.82, 2.24) is 4.98 Å². The van der Waals surface area contributed by atoms with E-state index in [0.29, 0.717) is 26.7 Å².